The highest BCUT2D eigenvalue weighted by Gasteiger charge is 2.00. The molecule has 2 aromatic rings. The molecule has 1 heterocycles. The molecule has 0 radical (unpaired) electrons. The van der Waals surface area contributed by atoms with Gasteiger partial charge in [-0.3, -0.25) is 0 Å². The number of hydrogen-bond donors (Lipinski definition) is 1. The maximum absolute atomic E-state index is 3.22. The molecule has 0 aliphatic carbocycles. The molecule has 1 N–H and O–H groups in total. The molecule has 0 fully saturated rings. The molecular formula is C9H8IN. The van der Waals surface area contributed by atoms with E-state index in [0.29, 0.717) is 0 Å². The van der Waals surface area contributed by atoms with E-state index in [1.165, 1.54) is 20.0 Å². The first-order valence-electron chi connectivity index (χ1n) is 3.51. The second-order valence-electron chi connectivity index (χ2n) is 2.64. The Balaban J connectivity index is 2.93. The van der Waals surface area contributed by atoms with Crippen molar-refractivity contribution in [3.8, 4) is 0 Å². The van der Waals surface area contributed by atoms with E-state index in [1.807, 2.05) is 6.20 Å². The van der Waals surface area contributed by atoms with E-state index in [1.54, 1.807) is 0 Å². The predicted octanol–water partition coefficient (Wildman–Crippen LogP) is 3.08. The molecule has 0 aliphatic heterocycles. The minimum atomic E-state index is 1.26. The van der Waals surface area contributed by atoms with Crippen LogP contribution in [0.25, 0.3) is 10.9 Å². The summed E-state index contributed by atoms with van der Waals surface area (Å²) in [5.74, 6) is 0. The van der Waals surface area contributed by atoms with E-state index < -0.39 is 0 Å². The van der Waals surface area contributed by atoms with Crippen molar-refractivity contribution in [2.45, 2.75) is 6.92 Å². The Morgan fingerprint density at radius 3 is 2.91 bits per heavy atom. The quantitative estimate of drug-likeness (QED) is 0.698. The molecule has 0 aliphatic rings. The molecule has 0 unspecified atom stereocenters. The molecule has 0 amide bonds. The van der Waals surface area contributed by atoms with Crippen LogP contribution in [-0.4, -0.2) is 4.98 Å². The first-order chi connectivity index (χ1) is 5.29. The predicted molar refractivity (Wildman–Crippen MR) is 55.8 cm³/mol. The van der Waals surface area contributed by atoms with Crippen molar-refractivity contribution in [2.24, 2.45) is 0 Å². The first-order valence-corrected chi connectivity index (χ1v) is 4.59. The standard InChI is InChI=1S/C9H8IN/c1-6-2-3-7-4-5-11-9(7)8(6)10/h2-5,11H,1H3. The number of aromatic amines is 1. The average Bonchev–Trinajstić information content (AvgIpc) is 2.45. The number of H-pyrrole nitrogens is 1. The van der Waals surface area contributed by atoms with Crippen molar-refractivity contribution >= 4 is 33.5 Å². The largest absolute Gasteiger partial charge is 0.360 e. The van der Waals surface area contributed by atoms with Crippen LogP contribution >= 0.6 is 22.6 Å². The van der Waals surface area contributed by atoms with Crippen LogP contribution in [0.4, 0.5) is 0 Å². The fourth-order valence-corrected chi connectivity index (χ4v) is 1.84. The Morgan fingerprint density at radius 2 is 2.09 bits per heavy atom. The van der Waals surface area contributed by atoms with Gasteiger partial charge in [-0.15, -0.1) is 0 Å². The second kappa shape index (κ2) is 2.52. The van der Waals surface area contributed by atoms with Crippen LogP contribution < -0.4 is 0 Å². The molecule has 1 aromatic heterocycles. The van der Waals surface area contributed by atoms with E-state index in [9.17, 15) is 0 Å². The number of nitrogens with one attached hydrogen (secondary N) is 1. The molecular weight excluding hydrogens is 249 g/mol. The molecule has 56 valence electrons. The fourth-order valence-electron chi connectivity index (χ4n) is 1.20. The molecule has 2 rings (SSSR count). The lowest BCUT2D eigenvalue weighted by atomic mass is 10.2. The summed E-state index contributed by atoms with van der Waals surface area (Å²) in [5, 5.41) is 1.29. The van der Waals surface area contributed by atoms with Gasteiger partial charge in [0.25, 0.3) is 0 Å². The third kappa shape index (κ3) is 1.05. The van der Waals surface area contributed by atoms with E-state index >= 15 is 0 Å². The van der Waals surface area contributed by atoms with Gasteiger partial charge in [-0.1, -0.05) is 12.1 Å². The lowest BCUT2D eigenvalue weighted by Crippen LogP contribution is -1.80. The van der Waals surface area contributed by atoms with Crippen molar-refractivity contribution in [1.82, 2.24) is 4.98 Å². The first kappa shape index (κ1) is 7.16. The Labute approximate surface area is 78.9 Å². The van der Waals surface area contributed by atoms with Gasteiger partial charge in [-0.25, -0.2) is 0 Å². The van der Waals surface area contributed by atoms with E-state index in [4.69, 9.17) is 0 Å². The lowest BCUT2D eigenvalue weighted by molar-refractivity contribution is 1.41. The Hall–Kier alpha value is -0.510. The summed E-state index contributed by atoms with van der Waals surface area (Å²) >= 11 is 2.37. The number of fused-ring (bicyclic) bond motifs is 1. The van der Waals surface area contributed by atoms with Crippen LogP contribution in [0, 0.1) is 10.5 Å². The van der Waals surface area contributed by atoms with Gasteiger partial charge in [-0.2, -0.15) is 0 Å². The number of aryl methyl sites for hydroxylation is 1. The van der Waals surface area contributed by atoms with Crippen LogP contribution in [0.3, 0.4) is 0 Å². The summed E-state index contributed by atoms with van der Waals surface area (Å²) in [5.41, 5.74) is 2.59. The highest BCUT2D eigenvalue weighted by Crippen LogP contribution is 2.21. The van der Waals surface area contributed by atoms with Crippen LogP contribution in [0.15, 0.2) is 24.4 Å². The fraction of sp³-hybridized carbons (Fsp3) is 0.111. The zero-order chi connectivity index (χ0) is 7.84. The molecule has 0 spiro atoms. The van der Waals surface area contributed by atoms with Crippen LogP contribution in [0.1, 0.15) is 5.56 Å². The highest BCUT2D eigenvalue weighted by molar-refractivity contribution is 14.1. The Bertz CT molecular complexity index is 389. The molecule has 11 heavy (non-hydrogen) atoms. The minimum absolute atomic E-state index is 1.26. The summed E-state index contributed by atoms with van der Waals surface area (Å²) in [6.45, 7) is 2.13. The molecule has 2 heteroatoms. The van der Waals surface area contributed by atoms with E-state index in [-0.39, 0.29) is 0 Å². The van der Waals surface area contributed by atoms with Gasteiger partial charge < -0.3 is 4.98 Å². The van der Waals surface area contributed by atoms with Crippen LogP contribution in [-0.2, 0) is 0 Å². The number of rotatable bonds is 0. The van der Waals surface area contributed by atoms with Crippen molar-refractivity contribution in [3.63, 3.8) is 0 Å². The van der Waals surface area contributed by atoms with Crippen LogP contribution in [0.2, 0.25) is 0 Å². The van der Waals surface area contributed by atoms with Gasteiger partial charge in [0.1, 0.15) is 0 Å². The van der Waals surface area contributed by atoms with Crippen molar-refractivity contribution in [1.29, 1.82) is 0 Å². The van der Waals surface area contributed by atoms with Gasteiger partial charge in [0.15, 0.2) is 0 Å². The molecule has 1 aromatic carbocycles. The van der Waals surface area contributed by atoms with Gasteiger partial charge in [0, 0.05) is 15.2 Å². The summed E-state index contributed by atoms with van der Waals surface area (Å²) in [4.78, 5) is 3.22. The van der Waals surface area contributed by atoms with Crippen molar-refractivity contribution < 1.29 is 0 Å². The Kier molecular flexibility index (Phi) is 1.64. The lowest BCUT2D eigenvalue weighted by Gasteiger charge is -1.97. The smallest absolute Gasteiger partial charge is 0.0592 e. The zero-order valence-electron chi connectivity index (χ0n) is 6.19. The third-order valence-corrected chi connectivity index (χ3v) is 3.25. The molecule has 0 bridgehead atoms. The molecule has 0 atom stereocenters. The van der Waals surface area contributed by atoms with Gasteiger partial charge >= 0.3 is 0 Å². The topological polar surface area (TPSA) is 15.8 Å². The van der Waals surface area contributed by atoms with Gasteiger partial charge in [0.05, 0.1) is 5.52 Å². The number of hydrogen-bond acceptors (Lipinski definition) is 0. The number of benzene rings is 1. The molecule has 0 saturated heterocycles. The molecule has 1 nitrogen and oxygen atoms in total. The third-order valence-electron chi connectivity index (χ3n) is 1.86. The normalized spacial score (nSPS) is 10.7. The highest BCUT2D eigenvalue weighted by atomic mass is 127. The van der Waals surface area contributed by atoms with Crippen LogP contribution in [0.5, 0.6) is 0 Å². The maximum Gasteiger partial charge on any atom is 0.0592 e. The summed E-state index contributed by atoms with van der Waals surface area (Å²) < 4.78 is 1.32. The monoisotopic (exact) mass is 257 g/mol. The van der Waals surface area contributed by atoms with Gasteiger partial charge in [-0.05, 0) is 41.1 Å². The maximum atomic E-state index is 3.22. The molecule has 0 saturated carbocycles. The summed E-state index contributed by atoms with van der Waals surface area (Å²) in [7, 11) is 0. The van der Waals surface area contributed by atoms with Crippen molar-refractivity contribution in [2.75, 3.05) is 0 Å². The average molecular weight is 257 g/mol. The number of halogens is 1. The zero-order valence-corrected chi connectivity index (χ0v) is 8.34. The Morgan fingerprint density at radius 1 is 1.27 bits per heavy atom. The summed E-state index contributed by atoms with van der Waals surface area (Å²) in [6.07, 6.45) is 1.98. The van der Waals surface area contributed by atoms with Crippen molar-refractivity contribution in [3.05, 3.63) is 33.5 Å². The minimum Gasteiger partial charge on any atom is -0.360 e. The van der Waals surface area contributed by atoms with E-state index in [0.717, 1.165) is 0 Å². The SMILES string of the molecule is Cc1ccc2cc[nH]c2c1I. The number of aromatic nitrogens is 1. The summed E-state index contributed by atoms with van der Waals surface area (Å²) in [6, 6.07) is 6.39. The van der Waals surface area contributed by atoms with Gasteiger partial charge in [0.2, 0.25) is 0 Å². The second-order valence-corrected chi connectivity index (χ2v) is 3.72. The van der Waals surface area contributed by atoms with E-state index in [2.05, 4.69) is 52.7 Å².